The Morgan fingerprint density at radius 1 is 1.22 bits per heavy atom. The molecule has 2 rings (SSSR count). The van der Waals surface area contributed by atoms with E-state index in [-0.39, 0.29) is 15.4 Å². The Balaban J connectivity index is 2.60. The van der Waals surface area contributed by atoms with Crippen molar-refractivity contribution in [2.24, 2.45) is 0 Å². The van der Waals surface area contributed by atoms with Crippen LogP contribution < -0.4 is 10.5 Å². The standard InChI is InChI=1S/C12H21BN2O2S/c1-8-9(14-10(18-8)15(6)7)13-16-11(2,3)12(4,5)17-13/h1-7H3/i1D3,6D3,7D3. The maximum absolute atomic E-state index is 7.73. The molecular formula is C12H21BN2O2S. The molecule has 0 atom stereocenters. The van der Waals surface area contributed by atoms with Gasteiger partial charge in [-0.25, -0.2) is 4.98 Å². The first-order valence-electron chi connectivity index (χ1n) is 9.94. The average Bonchev–Trinajstić information content (AvgIpc) is 2.85. The number of nitrogens with zero attached hydrogens (tertiary/aromatic N) is 2. The Labute approximate surface area is 126 Å². The second-order valence-electron chi connectivity index (χ2n) is 5.13. The smallest absolute Gasteiger partial charge is 0.398 e. The quantitative estimate of drug-likeness (QED) is 0.772. The lowest BCUT2D eigenvalue weighted by Crippen LogP contribution is -2.41. The third-order valence-corrected chi connectivity index (χ3v) is 4.18. The Kier molecular flexibility index (Phi) is 1.46. The zero-order chi connectivity index (χ0) is 21.2. The van der Waals surface area contributed by atoms with Crippen molar-refractivity contribution in [3.8, 4) is 0 Å². The molecule has 0 bridgehead atoms. The minimum atomic E-state index is -3.04. The molecule has 2 heterocycles. The molecule has 0 unspecified atom stereocenters. The third kappa shape index (κ3) is 2.17. The summed E-state index contributed by atoms with van der Waals surface area (Å²) in [7, 11) is -1.16. The molecule has 0 amide bonds. The molecule has 0 saturated carbocycles. The summed E-state index contributed by atoms with van der Waals surface area (Å²) >= 11 is 0.488. The third-order valence-electron chi connectivity index (χ3n) is 3.31. The van der Waals surface area contributed by atoms with Crippen LogP contribution in [0, 0.1) is 6.85 Å². The van der Waals surface area contributed by atoms with E-state index in [0.29, 0.717) is 11.3 Å². The number of aromatic nitrogens is 1. The minimum Gasteiger partial charge on any atom is -0.398 e. The molecule has 0 spiro atoms. The van der Waals surface area contributed by atoms with Gasteiger partial charge in [-0.05, 0) is 34.5 Å². The summed E-state index contributed by atoms with van der Waals surface area (Å²) in [6.07, 6.45) is 0. The first kappa shape index (κ1) is 6.24. The van der Waals surface area contributed by atoms with Crippen molar-refractivity contribution < 1.29 is 21.6 Å². The van der Waals surface area contributed by atoms with Gasteiger partial charge in [-0.2, -0.15) is 0 Å². The van der Waals surface area contributed by atoms with Crippen molar-refractivity contribution in [3.63, 3.8) is 0 Å². The molecular weight excluding hydrogens is 247 g/mol. The van der Waals surface area contributed by atoms with E-state index in [1.165, 1.54) is 0 Å². The Hall–Kier alpha value is -0.585. The molecule has 1 saturated heterocycles. The molecule has 0 aromatic carbocycles. The molecule has 0 radical (unpaired) electrons. The average molecular weight is 277 g/mol. The highest BCUT2D eigenvalue weighted by molar-refractivity contribution is 7.16. The Bertz CT molecular complexity index is 681. The van der Waals surface area contributed by atoms with E-state index in [2.05, 4.69) is 4.98 Å². The van der Waals surface area contributed by atoms with Crippen LogP contribution in [-0.4, -0.2) is 37.3 Å². The number of aryl methyl sites for hydroxylation is 1. The molecule has 1 aromatic rings. The molecule has 18 heavy (non-hydrogen) atoms. The van der Waals surface area contributed by atoms with Crippen LogP contribution in [0.4, 0.5) is 5.13 Å². The number of hydrogen-bond donors (Lipinski definition) is 0. The van der Waals surface area contributed by atoms with E-state index < -0.39 is 44.3 Å². The molecule has 1 aliphatic heterocycles. The van der Waals surface area contributed by atoms with Crippen LogP contribution in [0.1, 0.15) is 44.9 Å². The number of anilines is 1. The predicted octanol–water partition coefficient (Wildman–Crippen LogP) is 1.82. The lowest BCUT2D eigenvalue weighted by Gasteiger charge is -2.32. The minimum absolute atomic E-state index is 0.132. The maximum atomic E-state index is 7.73. The maximum Gasteiger partial charge on any atom is 0.515 e. The molecule has 0 aliphatic carbocycles. The normalized spacial score (nSPS) is 30.9. The van der Waals surface area contributed by atoms with Crippen LogP contribution in [0.2, 0.25) is 0 Å². The van der Waals surface area contributed by atoms with E-state index in [4.69, 9.17) is 21.6 Å². The lowest BCUT2D eigenvalue weighted by molar-refractivity contribution is 0.00578. The van der Waals surface area contributed by atoms with Crippen LogP contribution in [0.25, 0.3) is 0 Å². The monoisotopic (exact) mass is 277 g/mol. The summed E-state index contributed by atoms with van der Waals surface area (Å²) in [4.78, 5) is 3.93. The van der Waals surface area contributed by atoms with Crippen molar-refractivity contribution >= 4 is 29.2 Å². The Morgan fingerprint density at radius 2 is 1.83 bits per heavy atom. The summed E-state index contributed by atoms with van der Waals surface area (Å²) in [5.74, 6) is 0. The van der Waals surface area contributed by atoms with E-state index in [0.717, 1.165) is 0 Å². The van der Waals surface area contributed by atoms with Gasteiger partial charge in [0.2, 0.25) is 0 Å². The fourth-order valence-electron chi connectivity index (χ4n) is 1.53. The molecule has 1 aliphatic rings. The largest absolute Gasteiger partial charge is 0.515 e. The van der Waals surface area contributed by atoms with E-state index in [9.17, 15) is 0 Å². The van der Waals surface area contributed by atoms with E-state index >= 15 is 0 Å². The first-order chi connectivity index (χ1) is 11.8. The van der Waals surface area contributed by atoms with Crippen molar-refractivity contribution in [3.05, 3.63) is 4.88 Å². The highest BCUT2D eigenvalue weighted by atomic mass is 32.1. The second-order valence-corrected chi connectivity index (χ2v) is 6.11. The topological polar surface area (TPSA) is 34.6 Å². The molecule has 0 N–H and O–H groups in total. The second kappa shape index (κ2) is 4.22. The van der Waals surface area contributed by atoms with Crippen molar-refractivity contribution in [2.45, 2.75) is 45.7 Å². The summed E-state index contributed by atoms with van der Waals surface area (Å²) in [5.41, 5.74) is -1.69. The zero-order valence-electron chi connectivity index (χ0n) is 19.7. The van der Waals surface area contributed by atoms with E-state index in [1.807, 2.05) is 0 Å². The van der Waals surface area contributed by atoms with Gasteiger partial charge in [-0.3, -0.25) is 0 Å². The Morgan fingerprint density at radius 3 is 2.33 bits per heavy atom. The predicted molar refractivity (Wildman–Crippen MR) is 76.9 cm³/mol. The van der Waals surface area contributed by atoms with Gasteiger partial charge in [0, 0.05) is 31.2 Å². The molecule has 4 nitrogen and oxygen atoms in total. The first-order valence-corrected chi connectivity index (χ1v) is 6.26. The summed E-state index contributed by atoms with van der Waals surface area (Å²) in [6.45, 7) is -1.65. The van der Waals surface area contributed by atoms with Gasteiger partial charge in [0.25, 0.3) is 0 Å². The highest BCUT2D eigenvalue weighted by Gasteiger charge is 2.53. The van der Waals surface area contributed by atoms with E-state index in [1.54, 1.807) is 27.7 Å². The van der Waals surface area contributed by atoms with Crippen molar-refractivity contribution in [1.29, 1.82) is 0 Å². The van der Waals surface area contributed by atoms with Gasteiger partial charge in [0.05, 0.1) is 16.8 Å². The van der Waals surface area contributed by atoms with Gasteiger partial charge in [0.1, 0.15) is 0 Å². The van der Waals surface area contributed by atoms with Crippen LogP contribution in [-0.2, 0) is 9.31 Å². The van der Waals surface area contributed by atoms with Gasteiger partial charge in [-0.15, -0.1) is 11.3 Å². The fraction of sp³-hybridized carbons (Fsp3) is 0.750. The van der Waals surface area contributed by atoms with Gasteiger partial charge >= 0.3 is 7.12 Å². The highest BCUT2D eigenvalue weighted by Crippen LogP contribution is 2.37. The molecule has 1 aromatic heterocycles. The molecule has 100 valence electrons. The van der Waals surface area contributed by atoms with Gasteiger partial charge in [-0.1, -0.05) is 0 Å². The van der Waals surface area contributed by atoms with Crippen LogP contribution >= 0.6 is 11.3 Å². The lowest BCUT2D eigenvalue weighted by atomic mass is 9.84. The number of hydrogen-bond acceptors (Lipinski definition) is 5. The van der Waals surface area contributed by atoms with Gasteiger partial charge in [0.15, 0.2) is 5.13 Å². The number of thiazole rings is 1. The number of rotatable bonds is 2. The van der Waals surface area contributed by atoms with Crippen LogP contribution in [0.15, 0.2) is 0 Å². The zero-order valence-corrected chi connectivity index (χ0v) is 11.5. The van der Waals surface area contributed by atoms with Crippen LogP contribution in [0.5, 0.6) is 0 Å². The summed E-state index contributed by atoms with van der Waals surface area (Å²) in [6, 6.07) is 0. The van der Waals surface area contributed by atoms with Crippen LogP contribution in [0.3, 0.4) is 0 Å². The fourth-order valence-corrected chi connectivity index (χ4v) is 2.19. The summed E-state index contributed by atoms with van der Waals surface area (Å²) < 4.78 is 79.9. The summed E-state index contributed by atoms with van der Waals surface area (Å²) in [5, 5.41) is -0.453. The van der Waals surface area contributed by atoms with Crippen molar-refractivity contribution in [2.75, 3.05) is 18.9 Å². The SMILES string of the molecule is [2H]C([2H])([2H])c1sc(N(C([2H])([2H])[2H])C([2H])([2H])[2H])nc1B1OC(C)(C)C(C)(C)O1. The van der Waals surface area contributed by atoms with Gasteiger partial charge < -0.3 is 14.2 Å². The molecule has 6 heteroatoms. The van der Waals surface area contributed by atoms with Crippen molar-refractivity contribution in [1.82, 2.24) is 4.98 Å². The molecule has 1 fully saturated rings.